The molecule has 0 radical (unpaired) electrons. The normalized spacial score (nSPS) is 12.7. The first-order valence-electron chi connectivity index (χ1n) is 6.34. The monoisotopic (exact) mass is 284 g/mol. The molecule has 6 nitrogen and oxygen atoms in total. The second-order valence-corrected chi connectivity index (χ2v) is 4.71. The zero-order valence-corrected chi connectivity index (χ0v) is 11.3. The third-order valence-electron chi connectivity index (χ3n) is 3.46. The first-order chi connectivity index (χ1) is 10.1. The summed E-state index contributed by atoms with van der Waals surface area (Å²) >= 11 is 0. The van der Waals surface area contributed by atoms with Crippen molar-refractivity contribution in [1.29, 1.82) is 0 Å². The van der Waals surface area contributed by atoms with Gasteiger partial charge in [-0.3, -0.25) is 10.1 Å². The van der Waals surface area contributed by atoms with Crippen molar-refractivity contribution in [3.8, 4) is 5.69 Å². The Labute approximate surface area is 120 Å². The Bertz CT molecular complexity index is 774. The topological polar surface area (TPSA) is 74.4 Å². The SMILES string of the molecule is COC(=O)C1=Cc2cc([N+](=O)[O-])ccc2-n2cccc2C1. The zero-order chi connectivity index (χ0) is 15.0. The Morgan fingerprint density at radius 3 is 2.90 bits per heavy atom. The summed E-state index contributed by atoms with van der Waals surface area (Å²) in [7, 11) is 1.32. The van der Waals surface area contributed by atoms with Crippen LogP contribution < -0.4 is 0 Å². The first kappa shape index (κ1) is 13.1. The number of rotatable bonds is 2. The zero-order valence-electron chi connectivity index (χ0n) is 11.3. The molecule has 0 saturated carbocycles. The van der Waals surface area contributed by atoms with Gasteiger partial charge in [0.25, 0.3) is 5.69 Å². The van der Waals surface area contributed by atoms with Crippen molar-refractivity contribution in [2.24, 2.45) is 0 Å². The van der Waals surface area contributed by atoms with Crippen LogP contribution in [0.2, 0.25) is 0 Å². The van der Waals surface area contributed by atoms with Crippen molar-refractivity contribution >= 4 is 17.7 Å². The molecule has 1 aliphatic heterocycles. The molecule has 1 aromatic carbocycles. The van der Waals surface area contributed by atoms with Crippen molar-refractivity contribution < 1.29 is 14.5 Å². The van der Waals surface area contributed by atoms with Crippen molar-refractivity contribution in [3.05, 3.63) is 63.5 Å². The van der Waals surface area contributed by atoms with E-state index in [4.69, 9.17) is 4.74 Å². The van der Waals surface area contributed by atoms with E-state index in [2.05, 4.69) is 0 Å². The molecule has 0 bridgehead atoms. The third-order valence-corrected chi connectivity index (χ3v) is 3.46. The molecule has 106 valence electrons. The van der Waals surface area contributed by atoms with Gasteiger partial charge in [-0.15, -0.1) is 0 Å². The molecule has 3 rings (SSSR count). The minimum absolute atomic E-state index is 0.00942. The number of benzene rings is 1. The van der Waals surface area contributed by atoms with Crippen molar-refractivity contribution in [2.45, 2.75) is 6.42 Å². The predicted molar refractivity (Wildman–Crippen MR) is 76.1 cm³/mol. The van der Waals surface area contributed by atoms with Crippen LogP contribution in [0, 0.1) is 10.1 Å². The van der Waals surface area contributed by atoms with Gasteiger partial charge in [-0.25, -0.2) is 4.79 Å². The molecule has 0 unspecified atom stereocenters. The molecule has 2 heterocycles. The van der Waals surface area contributed by atoms with E-state index in [1.165, 1.54) is 19.2 Å². The standard InChI is InChI=1S/C15H12N2O4/c1-21-15(18)11-7-10-8-13(17(19)20)4-5-14(10)16-6-2-3-12(16)9-11/h2-8H,9H2,1H3. The van der Waals surface area contributed by atoms with Gasteiger partial charge in [0.1, 0.15) is 0 Å². The number of non-ortho nitro benzene ring substituents is 1. The fraction of sp³-hybridized carbons (Fsp3) is 0.133. The quantitative estimate of drug-likeness (QED) is 0.482. The van der Waals surface area contributed by atoms with Gasteiger partial charge in [0.15, 0.2) is 0 Å². The maximum atomic E-state index is 11.8. The molecule has 0 saturated heterocycles. The summed E-state index contributed by atoms with van der Waals surface area (Å²) in [6.07, 6.45) is 3.94. The molecule has 0 fully saturated rings. The second kappa shape index (κ2) is 4.90. The minimum Gasteiger partial charge on any atom is -0.466 e. The molecular weight excluding hydrogens is 272 g/mol. The maximum Gasteiger partial charge on any atom is 0.334 e. The highest BCUT2D eigenvalue weighted by molar-refractivity contribution is 5.95. The van der Waals surface area contributed by atoms with Crippen LogP contribution in [-0.2, 0) is 16.0 Å². The third kappa shape index (κ3) is 2.20. The summed E-state index contributed by atoms with van der Waals surface area (Å²) in [4.78, 5) is 22.3. The van der Waals surface area contributed by atoms with Crippen LogP contribution in [-0.4, -0.2) is 22.6 Å². The molecule has 21 heavy (non-hydrogen) atoms. The molecule has 0 N–H and O–H groups in total. The largest absolute Gasteiger partial charge is 0.466 e. The van der Waals surface area contributed by atoms with Crippen LogP contribution in [0.1, 0.15) is 11.3 Å². The van der Waals surface area contributed by atoms with E-state index in [9.17, 15) is 14.9 Å². The molecule has 0 atom stereocenters. The Kier molecular flexibility index (Phi) is 3.06. The lowest BCUT2D eigenvalue weighted by Crippen LogP contribution is -2.07. The maximum absolute atomic E-state index is 11.8. The van der Waals surface area contributed by atoms with Crippen LogP contribution in [0.5, 0.6) is 0 Å². The number of methoxy groups -OCH3 is 1. The molecule has 0 spiro atoms. The van der Waals surface area contributed by atoms with Gasteiger partial charge in [0.2, 0.25) is 0 Å². The Balaban J connectivity index is 2.23. The summed E-state index contributed by atoms with van der Waals surface area (Å²) in [6, 6.07) is 8.40. The second-order valence-electron chi connectivity index (χ2n) is 4.71. The molecular formula is C15H12N2O4. The summed E-state index contributed by atoms with van der Waals surface area (Å²) < 4.78 is 6.70. The number of hydrogen-bond donors (Lipinski definition) is 0. The minimum atomic E-state index is -0.451. The highest BCUT2D eigenvalue weighted by Crippen LogP contribution is 2.29. The predicted octanol–water partition coefficient (Wildman–Crippen LogP) is 2.50. The van der Waals surface area contributed by atoms with Gasteiger partial charge in [0.05, 0.1) is 17.7 Å². The van der Waals surface area contributed by atoms with Gasteiger partial charge in [-0.1, -0.05) is 0 Å². The van der Waals surface area contributed by atoms with Crippen LogP contribution in [0.15, 0.2) is 42.1 Å². The first-order valence-corrected chi connectivity index (χ1v) is 6.34. The summed E-state index contributed by atoms with van der Waals surface area (Å²) in [5, 5.41) is 10.9. The summed E-state index contributed by atoms with van der Waals surface area (Å²) in [5.41, 5.74) is 2.82. The molecule has 1 aromatic heterocycles. The number of carbonyl (C=O) groups is 1. The van der Waals surface area contributed by atoms with Gasteiger partial charge < -0.3 is 9.30 Å². The van der Waals surface area contributed by atoms with Gasteiger partial charge in [0, 0.05) is 41.6 Å². The Morgan fingerprint density at radius 1 is 1.38 bits per heavy atom. The number of aromatic nitrogens is 1. The van der Waals surface area contributed by atoms with E-state index in [-0.39, 0.29) is 5.69 Å². The van der Waals surface area contributed by atoms with Gasteiger partial charge >= 0.3 is 5.97 Å². The lowest BCUT2D eigenvalue weighted by atomic mass is 10.1. The molecule has 6 heteroatoms. The van der Waals surface area contributed by atoms with E-state index in [1.54, 1.807) is 12.1 Å². The van der Waals surface area contributed by atoms with E-state index >= 15 is 0 Å². The molecule has 0 aliphatic carbocycles. The molecule has 2 aromatic rings. The van der Waals surface area contributed by atoms with Gasteiger partial charge in [-0.05, 0) is 24.3 Å². The molecule has 0 amide bonds. The number of fused-ring (bicyclic) bond motifs is 3. The number of nitrogens with zero attached hydrogens (tertiary/aromatic N) is 2. The lowest BCUT2D eigenvalue weighted by Gasteiger charge is -2.08. The van der Waals surface area contributed by atoms with Crippen molar-refractivity contribution in [2.75, 3.05) is 7.11 Å². The lowest BCUT2D eigenvalue weighted by molar-refractivity contribution is -0.384. The number of nitro groups is 1. The highest BCUT2D eigenvalue weighted by atomic mass is 16.6. The van der Waals surface area contributed by atoms with Crippen molar-refractivity contribution in [3.63, 3.8) is 0 Å². The fourth-order valence-electron chi connectivity index (χ4n) is 2.48. The Hall–Kier alpha value is -2.89. The average Bonchev–Trinajstić information content (AvgIpc) is 2.87. The summed E-state index contributed by atoms with van der Waals surface area (Å²) in [6.45, 7) is 0. The van der Waals surface area contributed by atoms with Gasteiger partial charge in [-0.2, -0.15) is 0 Å². The number of esters is 1. The van der Waals surface area contributed by atoms with Crippen LogP contribution in [0.4, 0.5) is 5.69 Å². The van der Waals surface area contributed by atoms with Crippen molar-refractivity contribution in [1.82, 2.24) is 4.57 Å². The van der Waals surface area contributed by atoms with E-state index in [0.29, 0.717) is 17.6 Å². The molecule has 1 aliphatic rings. The van der Waals surface area contributed by atoms with E-state index < -0.39 is 10.9 Å². The van der Waals surface area contributed by atoms with Crippen LogP contribution in [0.25, 0.3) is 11.8 Å². The summed E-state index contributed by atoms with van der Waals surface area (Å²) in [5.74, 6) is -0.429. The van der Waals surface area contributed by atoms with E-state index in [1.807, 2.05) is 22.9 Å². The number of hydrogen-bond acceptors (Lipinski definition) is 4. The fourth-order valence-corrected chi connectivity index (χ4v) is 2.48. The van der Waals surface area contributed by atoms with E-state index in [0.717, 1.165) is 11.4 Å². The Morgan fingerprint density at radius 2 is 2.19 bits per heavy atom. The average molecular weight is 284 g/mol. The number of nitro benzene ring substituents is 1. The van der Waals surface area contributed by atoms with Crippen LogP contribution in [0.3, 0.4) is 0 Å². The number of carbonyl (C=O) groups excluding carboxylic acids is 1. The highest BCUT2D eigenvalue weighted by Gasteiger charge is 2.20. The van der Waals surface area contributed by atoms with Crippen LogP contribution >= 0.6 is 0 Å². The number of ether oxygens (including phenoxy) is 1. The smallest absolute Gasteiger partial charge is 0.334 e.